The molecule has 1 atom stereocenters. The molecule has 112 valence electrons. The van der Waals surface area contributed by atoms with Gasteiger partial charge in [-0.25, -0.2) is 8.42 Å². The first-order valence-electron chi connectivity index (χ1n) is 6.60. The molecule has 0 bridgehead atoms. The van der Waals surface area contributed by atoms with Gasteiger partial charge in [0, 0.05) is 18.8 Å². The Hall–Kier alpha value is -1.15. The lowest BCUT2D eigenvalue weighted by Crippen LogP contribution is -2.46. The molecule has 0 radical (unpaired) electrons. The molecule has 1 saturated heterocycles. The molecule has 1 heterocycles. The SMILES string of the molecule is CCc1ccc(N)cc1S(=O)(=O)N1CCOC(CO)C1. The third kappa shape index (κ3) is 2.95. The van der Waals surface area contributed by atoms with E-state index in [1.165, 1.54) is 10.4 Å². The number of nitrogens with zero attached hydrogens (tertiary/aromatic N) is 1. The van der Waals surface area contributed by atoms with Gasteiger partial charge < -0.3 is 15.6 Å². The van der Waals surface area contributed by atoms with Crippen molar-refractivity contribution in [3.8, 4) is 0 Å². The molecule has 0 aliphatic carbocycles. The summed E-state index contributed by atoms with van der Waals surface area (Å²) in [5.41, 5.74) is 6.88. The highest BCUT2D eigenvalue weighted by molar-refractivity contribution is 7.89. The van der Waals surface area contributed by atoms with Gasteiger partial charge in [0.25, 0.3) is 0 Å². The van der Waals surface area contributed by atoms with Gasteiger partial charge in [-0.3, -0.25) is 0 Å². The molecular formula is C13H20N2O4S. The third-order valence-corrected chi connectivity index (χ3v) is 5.34. The van der Waals surface area contributed by atoms with E-state index in [-0.39, 0.29) is 31.2 Å². The number of aliphatic hydroxyl groups is 1. The topological polar surface area (TPSA) is 92.9 Å². The van der Waals surface area contributed by atoms with Gasteiger partial charge in [0.15, 0.2) is 0 Å². The summed E-state index contributed by atoms with van der Waals surface area (Å²) in [6, 6.07) is 4.94. The Labute approximate surface area is 119 Å². The van der Waals surface area contributed by atoms with Gasteiger partial charge in [0.05, 0.1) is 24.2 Å². The summed E-state index contributed by atoms with van der Waals surface area (Å²) in [5.74, 6) is 0. The monoisotopic (exact) mass is 300 g/mol. The molecule has 1 aliphatic heterocycles. The van der Waals surface area contributed by atoms with Gasteiger partial charge in [0.1, 0.15) is 0 Å². The van der Waals surface area contributed by atoms with E-state index in [0.29, 0.717) is 12.1 Å². The quantitative estimate of drug-likeness (QED) is 0.776. The van der Waals surface area contributed by atoms with Crippen molar-refractivity contribution in [2.75, 3.05) is 32.0 Å². The number of hydrogen-bond acceptors (Lipinski definition) is 5. The number of nitrogen functional groups attached to an aromatic ring is 1. The number of sulfonamides is 1. The Kier molecular flexibility index (Phi) is 4.64. The molecule has 1 aromatic rings. The highest BCUT2D eigenvalue weighted by atomic mass is 32.2. The van der Waals surface area contributed by atoms with Gasteiger partial charge in [-0.2, -0.15) is 4.31 Å². The number of rotatable bonds is 4. The van der Waals surface area contributed by atoms with E-state index >= 15 is 0 Å². The molecule has 3 N–H and O–H groups in total. The van der Waals surface area contributed by atoms with Crippen LogP contribution in [0.4, 0.5) is 5.69 Å². The fourth-order valence-corrected chi connectivity index (χ4v) is 4.05. The fourth-order valence-electron chi connectivity index (χ4n) is 2.26. The number of nitrogens with two attached hydrogens (primary N) is 1. The van der Waals surface area contributed by atoms with Crippen molar-refractivity contribution in [2.45, 2.75) is 24.3 Å². The maximum absolute atomic E-state index is 12.7. The van der Waals surface area contributed by atoms with Crippen molar-refractivity contribution in [1.29, 1.82) is 0 Å². The van der Waals surface area contributed by atoms with Crippen LogP contribution in [0.2, 0.25) is 0 Å². The third-order valence-electron chi connectivity index (χ3n) is 3.40. The molecule has 1 fully saturated rings. The van der Waals surface area contributed by atoms with Crippen molar-refractivity contribution in [2.24, 2.45) is 0 Å². The number of aryl methyl sites for hydroxylation is 1. The van der Waals surface area contributed by atoms with Crippen LogP contribution in [0.3, 0.4) is 0 Å². The van der Waals surface area contributed by atoms with Gasteiger partial charge in [-0.05, 0) is 24.1 Å². The summed E-state index contributed by atoms with van der Waals surface area (Å²) in [6.07, 6.45) is 0.146. The zero-order chi connectivity index (χ0) is 14.8. The lowest BCUT2D eigenvalue weighted by molar-refractivity contribution is -0.0304. The summed E-state index contributed by atoms with van der Waals surface area (Å²) in [5, 5.41) is 9.12. The Morgan fingerprint density at radius 1 is 1.50 bits per heavy atom. The first-order chi connectivity index (χ1) is 9.48. The average Bonchev–Trinajstić information content (AvgIpc) is 2.47. The van der Waals surface area contributed by atoms with Gasteiger partial charge in [0.2, 0.25) is 10.0 Å². The minimum Gasteiger partial charge on any atom is -0.399 e. The predicted octanol–water partition coefficient (Wildman–Crippen LogP) is 0.213. The standard InChI is InChI=1S/C13H20N2O4S/c1-2-10-3-4-11(14)7-13(10)20(17,18)15-5-6-19-12(8-15)9-16/h3-4,7,12,16H,2,5-6,8-9,14H2,1H3. The fraction of sp³-hybridized carbons (Fsp3) is 0.538. The number of anilines is 1. The Balaban J connectivity index is 2.37. The molecule has 0 amide bonds. The van der Waals surface area contributed by atoms with E-state index in [1.807, 2.05) is 6.92 Å². The highest BCUT2D eigenvalue weighted by Gasteiger charge is 2.31. The molecule has 7 heteroatoms. The van der Waals surface area contributed by atoms with Crippen LogP contribution in [-0.4, -0.2) is 50.2 Å². The maximum Gasteiger partial charge on any atom is 0.243 e. The molecule has 1 aliphatic rings. The van der Waals surface area contributed by atoms with Crippen molar-refractivity contribution >= 4 is 15.7 Å². The second-order valence-electron chi connectivity index (χ2n) is 4.76. The molecule has 2 rings (SSSR count). The smallest absolute Gasteiger partial charge is 0.243 e. The largest absolute Gasteiger partial charge is 0.399 e. The summed E-state index contributed by atoms with van der Waals surface area (Å²) >= 11 is 0. The lowest BCUT2D eigenvalue weighted by Gasteiger charge is -2.31. The van der Waals surface area contributed by atoms with Gasteiger partial charge in [-0.15, -0.1) is 0 Å². The van der Waals surface area contributed by atoms with Crippen molar-refractivity contribution in [3.63, 3.8) is 0 Å². The maximum atomic E-state index is 12.7. The zero-order valence-electron chi connectivity index (χ0n) is 11.4. The van der Waals surface area contributed by atoms with Crippen molar-refractivity contribution in [3.05, 3.63) is 23.8 Å². The highest BCUT2D eigenvalue weighted by Crippen LogP contribution is 2.24. The molecule has 0 saturated carbocycles. The van der Waals surface area contributed by atoms with E-state index in [2.05, 4.69) is 0 Å². The molecule has 20 heavy (non-hydrogen) atoms. The van der Waals surface area contributed by atoms with Crippen LogP contribution in [0.15, 0.2) is 23.1 Å². The van der Waals surface area contributed by atoms with Crippen LogP contribution in [0, 0.1) is 0 Å². The lowest BCUT2D eigenvalue weighted by atomic mass is 10.1. The normalized spacial score (nSPS) is 21.0. The van der Waals surface area contributed by atoms with E-state index in [9.17, 15) is 8.42 Å². The molecule has 1 unspecified atom stereocenters. The van der Waals surface area contributed by atoms with E-state index in [4.69, 9.17) is 15.6 Å². The van der Waals surface area contributed by atoms with E-state index in [1.54, 1.807) is 12.1 Å². The minimum atomic E-state index is -3.61. The van der Waals surface area contributed by atoms with Gasteiger partial charge >= 0.3 is 0 Å². The summed E-state index contributed by atoms with van der Waals surface area (Å²) in [6.45, 7) is 2.45. The number of hydrogen-bond donors (Lipinski definition) is 2. The Morgan fingerprint density at radius 3 is 2.90 bits per heavy atom. The molecule has 6 nitrogen and oxygen atoms in total. The number of benzene rings is 1. The van der Waals surface area contributed by atoms with Crippen LogP contribution in [0.5, 0.6) is 0 Å². The number of aliphatic hydroxyl groups excluding tert-OH is 1. The van der Waals surface area contributed by atoms with Crippen molar-refractivity contribution in [1.82, 2.24) is 4.31 Å². The second-order valence-corrected chi connectivity index (χ2v) is 6.67. The van der Waals surface area contributed by atoms with Crippen LogP contribution in [0.25, 0.3) is 0 Å². The molecular weight excluding hydrogens is 280 g/mol. The zero-order valence-corrected chi connectivity index (χ0v) is 12.3. The number of morpholine rings is 1. The van der Waals surface area contributed by atoms with Crippen LogP contribution in [-0.2, 0) is 21.2 Å². The first kappa shape index (κ1) is 15.2. The Bertz CT molecular complexity index is 574. The summed E-state index contributed by atoms with van der Waals surface area (Å²) < 4.78 is 32.1. The summed E-state index contributed by atoms with van der Waals surface area (Å²) in [4.78, 5) is 0.249. The van der Waals surface area contributed by atoms with Gasteiger partial charge in [-0.1, -0.05) is 13.0 Å². The van der Waals surface area contributed by atoms with Crippen molar-refractivity contribution < 1.29 is 18.3 Å². The summed E-state index contributed by atoms with van der Waals surface area (Å²) in [7, 11) is -3.61. The first-order valence-corrected chi connectivity index (χ1v) is 8.04. The Morgan fingerprint density at radius 2 is 2.25 bits per heavy atom. The van der Waals surface area contributed by atoms with E-state index in [0.717, 1.165) is 5.56 Å². The van der Waals surface area contributed by atoms with Crippen LogP contribution < -0.4 is 5.73 Å². The second kappa shape index (κ2) is 6.09. The molecule has 0 aromatic heterocycles. The van der Waals surface area contributed by atoms with Crippen LogP contribution in [0.1, 0.15) is 12.5 Å². The molecule has 0 spiro atoms. The molecule has 1 aromatic carbocycles. The van der Waals surface area contributed by atoms with E-state index < -0.39 is 16.1 Å². The van der Waals surface area contributed by atoms with Crippen LogP contribution >= 0.6 is 0 Å². The minimum absolute atomic E-state index is 0.163. The predicted molar refractivity (Wildman–Crippen MR) is 75.8 cm³/mol. The number of ether oxygens (including phenoxy) is 1. The average molecular weight is 300 g/mol.